The van der Waals surface area contributed by atoms with Crippen molar-refractivity contribution in [3.05, 3.63) is 49.2 Å². The molecule has 0 saturated heterocycles. The molecule has 0 aliphatic heterocycles. The van der Waals surface area contributed by atoms with Crippen LogP contribution in [0.4, 0.5) is 19.3 Å². The number of benzene rings is 1. The van der Waals surface area contributed by atoms with Gasteiger partial charge in [-0.2, -0.15) is 8.78 Å². The third-order valence-corrected chi connectivity index (χ3v) is 3.41. The van der Waals surface area contributed by atoms with Crippen LogP contribution in [-0.2, 0) is 6.54 Å². The second-order valence-electron chi connectivity index (χ2n) is 5.07. The molecule has 2 amide bonds. The molecule has 3 aromatic rings. The fourth-order valence-electron chi connectivity index (χ4n) is 2.33. The van der Waals surface area contributed by atoms with E-state index >= 15 is 0 Å². The summed E-state index contributed by atoms with van der Waals surface area (Å²) in [5.74, 6) is -0.0448. The maximum atomic E-state index is 12.5. The molecule has 0 aliphatic rings. The number of rotatable bonds is 6. The fraction of sp³-hybridized carbons (Fsp3) is 0.188. The lowest BCUT2D eigenvalue weighted by Gasteiger charge is -2.13. The summed E-state index contributed by atoms with van der Waals surface area (Å²) in [7, 11) is 0. The number of alkyl halides is 2. The van der Waals surface area contributed by atoms with E-state index in [9.17, 15) is 13.6 Å². The number of anilines is 1. The monoisotopic (exact) mass is 347 g/mol. The molecule has 0 saturated carbocycles. The number of hydrogen-bond acceptors (Lipinski definition) is 4. The molecule has 0 aliphatic carbocycles. The summed E-state index contributed by atoms with van der Waals surface area (Å²) in [4.78, 5) is 20.0. The minimum Gasteiger partial charge on any atom is -0.432 e. The number of halogens is 2. The molecule has 0 spiro atoms. The van der Waals surface area contributed by atoms with Crippen LogP contribution < -0.4 is 15.4 Å². The van der Waals surface area contributed by atoms with Crippen LogP contribution in [0.1, 0.15) is 0 Å². The molecule has 25 heavy (non-hydrogen) atoms. The number of hydrogen-bond donors (Lipinski definition) is 2. The molecule has 0 unspecified atom stereocenters. The highest BCUT2D eigenvalue weighted by molar-refractivity contribution is 6.02. The molecule has 0 radical (unpaired) electrons. The first-order chi connectivity index (χ1) is 12.1. The van der Waals surface area contributed by atoms with Gasteiger partial charge in [-0.3, -0.25) is 4.98 Å². The van der Waals surface area contributed by atoms with Crippen molar-refractivity contribution in [3.63, 3.8) is 0 Å². The first-order valence-corrected chi connectivity index (χ1v) is 7.46. The zero-order chi connectivity index (χ0) is 17.6. The molecule has 3 rings (SSSR count). The number of fused-ring (bicyclic) bond motifs is 1. The molecule has 0 bridgehead atoms. The van der Waals surface area contributed by atoms with Crippen LogP contribution in [0.3, 0.4) is 0 Å². The fourth-order valence-corrected chi connectivity index (χ4v) is 2.33. The van der Waals surface area contributed by atoms with Crippen LogP contribution in [0.15, 0.2) is 49.2 Å². The van der Waals surface area contributed by atoms with Crippen LogP contribution in [0.25, 0.3) is 10.9 Å². The van der Waals surface area contributed by atoms with Crippen molar-refractivity contribution in [1.82, 2.24) is 19.9 Å². The average Bonchev–Trinajstić information content (AvgIpc) is 3.10. The molecule has 7 nitrogen and oxygen atoms in total. The van der Waals surface area contributed by atoms with Gasteiger partial charge in [0, 0.05) is 37.1 Å². The van der Waals surface area contributed by atoms with Crippen molar-refractivity contribution >= 4 is 22.6 Å². The van der Waals surface area contributed by atoms with E-state index < -0.39 is 12.6 Å². The Morgan fingerprint density at radius 2 is 2.16 bits per heavy atom. The summed E-state index contributed by atoms with van der Waals surface area (Å²) in [6.07, 6.45) is 6.57. The van der Waals surface area contributed by atoms with Crippen molar-refractivity contribution in [2.24, 2.45) is 0 Å². The van der Waals surface area contributed by atoms with Gasteiger partial charge in [-0.25, -0.2) is 9.78 Å². The predicted octanol–water partition coefficient (Wildman–Crippen LogP) is 2.85. The summed E-state index contributed by atoms with van der Waals surface area (Å²) in [5.41, 5.74) is 0.698. The quantitative estimate of drug-likeness (QED) is 0.718. The number of aromatic nitrogens is 3. The first-order valence-electron chi connectivity index (χ1n) is 7.46. The molecule has 9 heteroatoms. The summed E-state index contributed by atoms with van der Waals surface area (Å²) in [6.45, 7) is -1.96. The molecule has 1 aromatic carbocycles. The van der Waals surface area contributed by atoms with Crippen LogP contribution in [0.5, 0.6) is 5.75 Å². The highest BCUT2D eigenvalue weighted by Gasteiger charge is 2.13. The Morgan fingerprint density at radius 3 is 2.92 bits per heavy atom. The summed E-state index contributed by atoms with van der Waals surface area (Å²) >= 11 is 0. The van der Waals surface area contributed by atoms with Crippen molar-refractivity contribution in [2.45, 2.75) is 13.2 Å². The second-order valence-corrected chi connectivity index (χ2v) is 5.07. The lowest BCUT2D eigenvalue weighted by molar-refractivity contribution is -0.0489. The SMILES string of the molecule is O=C(NCCn1ccnc1)Nc1ccc(OC(F)F)c2ncccc12. The Hall–Kier alpha value is -3.23. The third kappa shape index (κ3) is 4.19. The van der Waals surface area contributed by atoms with Gasteiger partial charge in [-0.15, -0.1) is 0 Å². The average molecular weight is 347 g/mol. The van der Waals surface area contributed by atoms with Crippen molar-refractivity contribution < 1.29 is 18.3 Å². The Morgan fingerprint density at radius 1 is 1.28 bits per heavy atom. The van der Waals surface area contributed by atoms with Crippen LogP contribution in [0.2, 0.25) is 0 Å². The Balaban J connectivity index is 1.69. The number of urea groups is 1. The van der Waals surface area contributed by atoms with Crippen molar-refractivity contribution in [1.29, 1.82) is 0 Å². The van der Waals surface area contributed by atoms with Gasteiger partial charge >= 0.3 is 12.6 Å². The van der Waals surface area contributed by atoms with Gasteiger partial charge in [0.2, 0.25) is 0 Å². The zero-order valence-electron chi connectivity index (χ0n) is 13.0. The van der Waals surface area contributed by atoms with E-state index in [1.807, 2.05) is 4.57 Å². The summed E-state index contributed by atoms with van der Waals surface area (Å²) in [6, 6.07) is 5.76. The molecular weight excluding hydrogens is 332 g/mol. The molecule has 130 valence electrons. The third-order valence-electron chi connectivity index (χ3n) is 3.41. The number of pyridine rings is 1. The van der Waals surface area contributed by atoms with Crippen LogP contribution in [-0.4, -0.2) is 33.7 Å². The minimum absolute atomic E-state index is 0.0448. The highest BCUT2D eigenvalue weighted by atomic mass is 19.3. The molecular formula is C16H15F2N5O2. The van der Waals surface area contributed by atoms with Gasteiger partial charge in [0.1, 0.15) is 5.52 Å². The Kier molecular flexibility index (Phi) is 5.03. The smallest absolute Gasteiger partial charge is 0.387 e. The van der Waals surface area contributed by atoms with Gasteiger partial charge in [-0.1, -0.05) is 0 Å². The largest absolute Gasteiger partial charge is 0.432 e. The number of nitrogens with zero attached hydrogens (tertiary/aromatic N) is 3. The summed E-state index contributed by atoms with van der Waals surface area (Å²) in [5, 5.41) is 5.90. The number of amides is 2. The molecule has 2 aromatic heterocycles. The number of nitrogens with one attached hydrogen (secondary N) is 2. The Bertz CT molecular complexity index is 855. The summed E-state index contributed by atoms with van der Waals surface area (Å²) < 4.78 is 31.2. The van der Waals surface area contributed by atoms with Gasteiger partial charge in [0.15, 0.2) is 5.75 Å². The zero-order valence-corrected chi connectivity index (χ0v) is 13.0. The van der Waals surface area contributed by atoms with E-state index in [1.54, 1.807) is 30.9 Å². The van der Waals surface area contributed by atoms with Gasteiger partial charge in [-0.05, 0) is 24.3 Å². The predicted molar refractivity (Wildman–Crippen MR) is 87.6 cm³/mol. The lowest BCUT2D eigenvalue weighted by Crippen LogP contribution is -2.31. The van der Waals surface area contributed by atoms with E-state index in [-0.39, 0.29) is 11.3 Å². The number of ether oxygens (including phenoxy) is 1. The highest BCUT2D eigenvalue weighted by Crippen LogP contribution is 2.30. The maximum Gasteiger partial charge on any atom is 0.387 e. The van der Waals surface area contributed by atoms with Crippen LogP contribution >= 0.6 is 0 Å². The molecule has 2 N–H and O–H groups in total. The maximum absolute atomic E-state index is 12.5. The lowest BCUT2D eigenvalue weighted by atomic mass is 10.1. The van der Waals surface area contributed by atoms with E-state index in [4.69, 9.17) is 0 Å². The van der Waals surface area contributed by atoms with Gasteiger partial charge in [0.05, 0.1) is 12.0 Å². The standard InChI is InChI=1S/C16H15F2N5O2/c17-15(18)25-13-4-3-12(11-2-1-5-20-14(11)13)22-16(24)21-7-9-23-8-6-19-10-23/h1-6,8,10,15H,7,9H2,(H2,21,22,24). The number of imidazole rings is 1. The van der Waals surface area contributed by atoms with Crippen LogP contribution in [0, 0.1) is 0 Å². The second kappa shape index (κ2) is 7.56. The topological polar surface area (TPSA) is 81.1 Å². The van der Waals surface area contributed by atoms with Crippen molar-refractivity contribution in [3.8, 4) is 5.75 Å². The van der Waals surface area contributed by atoms with E-state index in [2.05, 4.69) is 25.3 Å². The van der Waals surface area contributed by atoms with E-state index in [0.717, 1.165) is 0 Å². The molecule has 0 fully saturated rings. The first kappa shape index (κ1) is 16.6. The molecule has 0 atom stereocenters. The number of carbonyl (C=O) groups excluding carboxylic acids is 1. The normalized spacial score (nSPS) is 10.8. The number of carbonyl (C=O) groups is 1. The van der Waals surface area contributed by atoms with Crippen molar-refractivity contribution in [2.75, 3.05) is 11.9 Å². The molecule has 2 heterocycles. The van der Waals surface area contributed by atoms with E-state index in [0.29, 0.717) is 24.2 Å². The van der Waals surface area contributed by atoms with E-state index in [1.165, 1.54) is 18.3 Å². The Labute approximate surface area is 141 Å². The van der Waals surface area contributed by atoms with Gasteiger partial charge < -0.3 is 19.9 Å². The van der Waals surface area contributed by atoms with Gasteiger partial charge in [0.25, 0.3) is 0 Å². The minimum atomic E-state index is -2.95.